The van der Waals surface area contributed by atoms with Crippen LogP contribution in [0.5, 0.6) is 11.5 Å². The van der Waals surface area contributed by atoms with Gasteiger partial charge in [0.2, 0.25) is 0 Å². The summed E-state index contributed by atoms with van der Waals surface area (Å²) in [5.74, 6) is 0.960. The molecule has 0 radical (unpaired) electrons. The third kappa shape index (κ3) is 5.31. The minimum Gasteiger partial charge on any atom is -0.497 e. The lowest BCUT2D eigenvalue weighted by molar-refractivity contribution is 0.0956. The Kier molecular flexibility index (Phi) is 7.51. The van der Waals surface area contributed by atoms with Crippen LogP contribution in [0.15, 0.2) is 77.9 Å². The zero-order valence-electron chi connectivity index (χ0n) is 21.7. The van der Waals surface area contributed by atoms with Crippen molar-refractivity contribution in [3.63, 3.8) is 0 Å². The highest BCUT2D eigenvalue weighted by atomic mass is 16.5. The number of hydrogen-bond donors (Lipinski definition) is 1. The summed E-state index contributed by atoms with van der Waals surface area (Å²) in [4.78, 5) is 20.5. The van der Waals surface area contributed by atoms with Crippen molar-refractivity contribution < 1.29 is 19.0 Å². The molecule has 0 spiro atoms. The number of nitrogens with one attached hydrogen (secondary N) is 1. The molecule has 0 bridgehead atoms. The van der Waals surface area contributed by atoms with Gasteiger partial charge in [0.25, 0.3) is 5.91 Å². The number of carbonyl (C=O) groups is 1. The number of pyridine rings is 1. The van der Waals surface area contributed by atoms with Crippen LogP contribution in [0, 0.1) is 0 Å². The second kappa shape index (κ2) is 11.3. The maximum absolute atomic E-state index is 13.4. The molecule has 38 heavy (non-hydrogen) atoms. The van der Waals surface area contributed by atoms with Gasteiger partial charge in [0.05, 0.1) is 49.9 Å². The van der Waals surface area contributed by atoms with Gasteiger partial charge in [0, 0.05) is 35.8 Å². The molecule has 1 aliphatic rings. The van der Waals surface area contributed by atoms with E-state index in [1.54, 1.807) is 26.4 Å². The van der Waals surface area contributed by atoms with Crippen LogP contribution in [0.2, 0.25) is 0 Å². The number of amides is 1. The van der Waals surface area contributed by atoms with Gasteiger partial charge >= 0.3 is 0 Å². The van der Waals surface area contributed by atoms with E-state index in [0.29, 0.717) is 34.0 Å². The lowest BCUT2D eigenvalue weighted by Crippen LogP contribution is -2.36. The molecule has 1 amide bonds. The van der Waals surface area contributed by atoms with Crippen LogP contribution in [-0.4, -0.2) is 57.1 Å². The molecule has 0 atom stereocenters. The monoisotopic (exact) mass is 510 g/mol. The summed E-state index contributed by atoms with van der Waals surface area (Å²) in [7, 11) is 3.20. The third-order valence-corrected chi connectivity index (χ3v) is 6.63. The number of fused-ring (bicyclic) bond motifs is 1. The number of methoxy groups -OCH3 is 2. The first kappa shape index (κ1) is 25.2. The van der Waals surface area contributed by atoms with Crippen LogP contribution in [0.3, 0.4) is 0 Å². The number of hydrogen-bond acceptors (Lipinski definition) is 7. The topological polar surface area (TPSA) is 85.3 Å². The lowest BCUT2D eigenvalue weighted by Gasteiger charge is -2.28. The summed E-state index contributed by atoms with van der Waals surface area (Å²) in [6.07, 6.45) is 0. The van der Waals surface area contributed by atoms with Crippen LogP contribution in [0.25, 0.3) is 22.2 Å². The quantitative estimate of drug-likeness (QED) is 0.281. The predicted molar refractivity (Wildman–Crippen MR) is 149 cm³/mol. The lowest BCUT2D eigenvalue weighted by atomic mass is 10.0. The first-order valence-corrected chi connectivity index (χ1v) is 12.5. The van der Waals surface area contributed by atoms with Gasteiger partial charge in [-0.25, -0.2) is 10.4 Å². The molecule has 194 valence electrons. The van der Waals surface area contributed by atoms with Crippen molar-refractivity contribution in [1.29, 1.82) is 0 Å². The molecule has 0 aliphatic carbocycles. The fourth-order valence-electron chi connectivity index (χ4n) is 4.51. The van der Waals surface area contributed by atoms with E-state index in [1.807, 2.05) is 55.5 Å². The van der Waals surface area contributed by atoms with Crippen molar-refractivity contribution in [2.45, 2.75) is 6.92 Å². The number of para-hydroxylation sites is 1. The van der Waals surface area contributed by atoms with E-state index in [-0.39, 0.29) is 5.91 Å². The zero-order chi connectivity index (χ0) is 26.5. The fraction of sp³-hybridized carbons (Fsp3) is 0.233. The van der Waals surface area contributed by atoms with Crippen molar-refractivity contribution in [1.82, 2.24) is 10.4 Å². The number of ether oxygens (including phenoxy) is 3. The van der Waals surface area contributed by atoms with Gasteiger partial charge in [-0.2, -0.15) is 5.10 Å². The molecular weight excluding hydrogens is 480 g/mol. The largest absolute Gasteiger partial charge is 0.497 e. The Hall–Kier alpha value is -4.43. The summed E-state index contributed by atoms with van der Waals surface area (Å²) in [5, 5.41) is 5.14. The second-order valence-electron chi connectivity index (χ2n) is 8.92. The van der Waals surface area contributed by atoms with E-state index in [2.05, 4.69) is 27.6 Å². The summed E-state index contributed by atoms with van der Waals surface area (Å²) in [6.45, 7) is 5.12. The van der Waals surface area contributed by atoms with E-state index < -0.39 is 0 Å². The van der Waals surface area contributed by atoms with Crippen LogP contribution in [0.4, 0.5) is 5.69 Å². The van der Waals surface area contributed by atoms with Gasteiger partial charge in [-0.05, 0) is 48.9 Å². The van der Waals surface area contributed by atoms with Gasteiger partial charge < -0.3 is 19.1 Å². The minimum absolute atomic E-state index is 0.318. The molecule has 4 aromatic rings. The van der Waals surface area contributed by atoms with Crippen molar-refractivity contribution in [3.05, 3.63) is 83.9 Å². The summed E-state index contributed by atoms with van der Waals surface area (Å²) >= 11 is 0. The van der Waals surface area contributed by atoms with Crippen LogP contribution >= 0.6 is 0 Å². The first-order valence-electron chi connectivity index (χ1n) is 12.5. The number of carbonyl (C=O) groups excluding carboxylic acids is 1. The van der Waals surface area contributed by atoms with Crippen molar-refractivity contribution in [3.8, 4) is 22.8 Å². The van der Waals surface area contributed by atoms with Crippen LogP contribution in [0.1, 0.15) is 22.8 Å². The first-order chi connectivity index (χ1) is 18.6. The molecular formula is C30H30N4O4. The Balaban J connectivity index is 1.41. The normalized spacial score (nSPS) is 13.9. The molecule has 1 saturated heterocycles. The molecule has 1 N–H and O–H groups in total. The molecule has 1 fully saturated rings. The van der Waals surface area contributed by atoms with Crippen LogP contribution in [-0.2, 0) is 4.74 Å². The molecule has 1 aliphatic heterocycles. The van der Waals surface area contributed by atoms with Crippen LogP contribution < -0.4 is 19.8 Å². The number of nitrogens with zero attached hydrogens (tertiary/aromatic N) is 3. The Morgan fingerprint density at radius 1 is 0.974 bits per heavy atom. The van der Waals surface area contributed by atoms with Crippen molar-refractivity contribution >= 4 is 28.2 Å². The Morgan fingerprint density at radius 2 is 1.74 bits per heavy atom. The maximum Gasteiger partial charge on any atom is 0.272 e. The Bertz CT molecular complexity index is 1480. The minimum atomic E-state index is -0.318. The SMILES string of the molecule is COc1ccc(-c2cc(C(=O)N/N=C(\C)c3ccc(N4CCOCC4)cc3)c3ccccc3n2)c(OC)c1. The number of rotatable bonds is 7. The molecule has 1 aromatic heterocycles. The zero-order valence-corrected chi connectivity index (χ0v) is 21.7. The molecule has 0 unspecified atom stereocenters. The number of hydrazone groups is 1. The van der Waals surface area contributed by atoms with Gasteiger partial charge in [-0.3, -0.25) is 4.79 Å². The van der Waals surface area contributed by atoms with Gasteiger partial charge in [0.1, 0.15) is 11.5 Å². The molecule has 8 heteroatoms. The molecule has 2 heterocycles. The summed E-state index contributed by atoms with van der Waals surface area (Å²) in [6, 6.07) is 23.0. The van der Waals surface area contributed by atoms with Gasteiger partial charge in [0.15, 0.2) is 0 Å². The summed E-state index contributed by atoms with van der Waals surface area (Å²) in [5.41, 5.74) is 8.09. The Labute approximate surface area is 221 Å². The van der Waals surface area contributed by atoms with E-state index in [0.717, 1.165) is 48.5 Å². The number of benzene rings is 3. The highest BCUT2D eigenvalue weighted by molar-refractivity contribution is 6.08. The molecule has 8 nitrogen and oxygen atoms in total. The van der Waals surface area contributed by atoms with Gasteiger partial charge in [-0.15, -0.1) is 0 Å². The van der Waals surface area contributed by atoms with E-state index >= 15 is 0 Å². The standard InChI is InChI=1S/C30H30N4O4/c1-20(21-8-10-22(11-9-21)34-14-16-38-17-15-34)32-33-30(35)26-19-28(31-27-7-5-4-6-24(26)27)25-13-12-23(36-2)18-29(25)37-3/h4-13,18-19H,14-17H2,1-3H3,(H,33,35)/b32-20+. The van der Waals surface area contributed by atoms with Gasteiger partial charge in [-0.1, -0.05) is 30.3 Å². The number of aromatic nitrogens is 1. The maximum atomic E-state index is 13.4. The van der Waals surface area contributed by atoms with Crippen molar-refractivity contribution in [2.75, 3.05) is 45.4 Å². The average Bonchev–Trinajstić information content (AvgIpc) is 2.99. The molecule has 0 saturated carbocycles. The smallest absolute Gasteiger partial charge is 0.272 e. The number of morpholine rings is 1. The molecule has 3 aromatic carbocycles. The van der Waals surface area contributed by atoms with E-state index in [1.165, 1.54) is 0 Å². The average molecular weight is 511 g/mol. The van der Waals surface area contributed by atoms with Crippen molar-refractivity contribution in [2.24, 2.45) is 5.10 Å². The van der Waals surface area contributed by atoms with E-state index in [4.69, 9.17) is 19.2 Å². The summed E-state index contributed by atoms with van der Waals surface area (Å²) < 4.78 is 16.3. The Morgan fingerprint density at radius 3 is 2.47 bits per heavy atom. The predicted octanol–water partition coefficient (Wildman–Crippen LogP) is 4.91. The highest BCUT2D eigenvalue weighted by Crippen LogP contribution is 2.34. The highest BCUT2D eigenvalue weighted by Gasteiger charge is 2.17. The third-order valence-electron chi connectivity index (χ3n) is 6.63. The fourth-order valence-corrected chi connectivity index (χ4v) is 4.51. The second-order valence-corrected chi connectivity index (χ2v) is 8.92. The number of anilines is 1. The molecule has 5 rings (SSSR count). The van der Waals surface area contributed by atoms with E-state index in [9.17, 15) is 4.79 Å².